The van der Waals surface area contributed by atoms with Crippen LogP contribution in [0.25, 0.3) is 0 Å². The Morgan fingerprint density at radius 1 is 1.16 bits per heavy atom. The number of thioether (sulfide) groups is 1. The van der Waals surface area contributed by atoms with Gasteiger partial charge in [-0.05, 0) is 25.7 Å². The molecule has 5 heteroatoms. The third-order valence-corrected chi connectivity index (χ3v) is 5.76. The SMILES string of the molecule is NC1(c2nc(CSC3CCCC3)no2)CCCCC1. The van der Waals surface area contributed by atoms with Crippen molar-refractivity contribution in [3.63, 3.8) is 0 Å². The molecule has 2 saturated carbocycles. The zero-order valence-corrected chi connectivity index (χ0v) is 12.3. The van der Waals surface area contributed by atoms with Gasteiger partial charge in [-0.15, -0.1) is 0 Å². The van der Waals surface area contributed by atoms with Gasteiger partial charge in [-0.3, -0.25) is 0 Å². The molecular formula is C14H23N3OS. The number of rotatable bonds is 4. The zero-order valence-electron chi connectivity index (χ0n) is 11.4. The summed E-state index contributed by atoms with van der Waals surface area (Å²) >= 11 is 1.97. The molecule has 0 saturated heterocycles. The molecule has 0 amide bonds. The van der Waals surface area contributed by atoms with E-state index in [9.17, 15) is 0 Å². The van der Waals surface area contributed by atoms with Gasteiger partial charge in [0.25, 0.3) is 0 Å². The average molecular weight is 281 g/mol. The Hall–Kier alpha value is -0.550. The summed E-state index contributed by atoms with van der Waals surface area (Å²) in [6, 6.07) is 0. The van der Waals surface area contributed by atoms with Gasteiger partial charge in [0.15, 0.2) is 5.82 Å². The standard InChI is InChI=1S/C14H23N3OS/c15-14(8-4-1-5-9-14)13-16-12(17-18-13)10-19-11-6-2-3-7-11/h11H,1-10,15H2. The molecule has 106 valence electrons. The number of nitrogens with zero attached hydrogens (tertiary/aromatic N) is 2. The van der Waals surface area contributed by atoms with Crippen LogP contribution in [0.5, 0.6) is 0 Å². The van der Waals surface area contributed by atoms with Gasteiger partial charge in [0.1, 0.15) is 0 Å². The topological polar surface area (TPSA) is 64.9 Å². The van der Waals surface area contributed by atoms with Crippen LogP contribution in [0.4, 0.5) is 0 Å². The lowest BCUT2D eigenvalue weighted by Gasteiger charge is -2.29. The van der Waals surface area contributed by atoms with Gasteiger partial charge in [-0.2, -0.15) is 16.7 Å². The highest BCUT2D eigenvalue weighted by Gasteiger charge is 2.35. The summed E-state index contributed by atoms with van der Waals surface area (Å²) in [5.41, 5.74) is 6.05. The van der Waals surface area contributed by atoms with E-state index < -0.39 is 0 Å². The van der Waals surface area contributed by atoms with E-state index in [0.717, 1.165) is 29.7 Å². The first-order valence-electron chi connectivity index (χ1n) is 7.50. The molecule has 0 atom stereocenters. The summed E-state index contributed by atoms with van der Waals surface area (Å²) in [4.78, 5) is 4.54. The van der Waals surface area contributed by atoms with E-state index in [0.29, 0.717) is 5.89 Å². The van der Waals surface area contributed by atoms with Crippen LogP contribution >= 0.6 is 11.8 Å². The molecule has 0 bridgehead atoms. The molecule has 0 unspecified atom stereocenters. The van der Waals surface area contributed by atoms with Crippen LogP contribution in [0, 0.1) is 0 Å². The van der Waals surface area contributed by atoms with Gasteiger partial charge in [0.05, 0.1) is 11.3 Å². The van der Waals surface area contributed by atoms with Crippen LogP contribution in [0.2, 0.25) is 0 Å². The molecule has 0 aromatic carbocycles. The van der Waals surface area contributed by atoms with E-state index in [2.05, 4.69) is 10.1 Å². The van der Waals surface area contributed by atoms with Crippen molar-refractivity contribution >= 4 is 11.8 Å². The highest BCUT2D eigenvalue weighted by molar-refractivity contribution is 7.99. The van der Waals surface area contributed by atoms with Crippen molar-refractivity contribution in [2.24, 2.45) is 5.73 Å². The molecule has 2 aliphatic carbocycles. The van der Waals surface area contributed by atoms with E-state index in [-0.39, 0.29) is 5.54 Å². The second kappa shape index (κ2) is 5.83. The summed E-state index contributed by atoms with van der Waals surface area (Å²) < 4.78 is 5.42. The summed E-state index contributed by atoms with van der Waals surface area (Å²) in [6.45, 7) is 0. The summed E-state index contributed by atoms with van der Waals surface area (Å²) in [7, 11) is 0. The third-order valence-electron chi connectivity index (χ3n) is 4.39. The van der Waals surface area contributed by atoms with Crippen LogP contribution in [0.1, 0.15) is 69.5 Å². The zero-order chi connectivity index (χ0) is 13.1. The van der Waals surface area contributed by atoms with E-state index in [1.54, 1.807) is 0 Å². The monoisotopic (exact) mass is 281 g/mol. The van der Waals surface area contributed by atoms with E-state index in [1.165, 1.54) is 44.9 Å². The first kappa shape index (κ1) is 13.4. The van der Waals surface area contributed by atoms with Gasteiger partial charge >= 0.3 is 0 Å². The molecule has 2 aliphatic rings. The average Bonchev–Trinajstić information content (AvgIpc) is 3.09. The minimum absolute atomic E-state index is 0.360. The molecule has 0 aliphatic heterocycles. The van der Waals surface area contributed by atoms with Crippen LogP contribution in [-0.2, 0) is 11.3 Å². The van der Waals surface area contributed by atoms with Crippen molar-refractivity contribution in [1.82, 2.24) is 10.1 Å². The molecule has 0 spiro atoms. The number of aromatic nitrogens is 2. The summed E-state index contributed by atoms with van der Waals surface area (Å²) in [6.07, 6.45) is 11.0. The molecule has 1 aromatic rings. The summed E-state index contributed by atoms with van der Waals surface area (Å²) in [5.74, 6) is 2.35. The van der Waals surface area contributed by atoms with Crippen molar-refractivity contribution in [3.8, 4) is 0 Å². The molecule has 4 nitrogen and oxygen atoms in total. The quantitative estimate of drug-likeness (QED) is 0.916. The second-order valence-corrected chi connectivity index (χ2v) is 7.24. The van der Waals surface area contributed by atoms with Crippen LogP contribution in [0.3, 0.4) is 0 Å². The largest absolute Gasteiger partial charge is 0.337 e. The molecule has 3 rings (SSSR count). The Balaban J connectivity index is 1.59. The van der Waals surface area contributed by atoms with Gasteiger partial charge in [-0.25, -0.2) is 0 Å². The van der Waals surface area contributed by atoms with Gasteiger partial charge < -0.3 is 10.3 Å². The van der Waals surface area contributed by atoms with Crippen molar-refractivity contribution < 1.29 is 4.52 Å². The van der Waals surface area contributed by atoms with Crippen molar-refractivity contribution in [3.05, 3.63) is 11.7 Å². The Bertz CT molecular complexity index is 409. The van der Waals surface area contributed by atoms with E-state index in [4.69, 9.17) is 10.3 Å². The fourth-order valence-corrected chi connectivity index (χ4v) is 4.33. The fraction of sp³-hybridized carbons (Fsp3) is 0.857. The van der Waals surface area contributed by atoms with E-state index in [1.807, 2.05) is 11.8 Å². The number of hydrogen-bond acceptors (Lipinski definition) is 5. The van der Waals surface area contributed by atoms with Crippen LogP contribution < -0.4 is 5.73 Å². The van der Waals surface area contributed by atoms with E-state index >= 15 is 0 Å². The molecule has 2 fully saturated rings. The molecule has 1 aromatic heterocycles. The first-order valence-corrected chi connectivity index (χ1v) is 8.55. The van der Waals surface area contributed by atoms with Gasteiger partial charge in [0, 0.05) is 5.25 Å². The number of nitrogens with two attached hydrogens (primary N) is 1. The highest BCUT2D eigenvalue weighted by atomic mass is 32.2. The first-order chi connectivity index (χ1) is 9.26. The Labute approximate surface area is 118 Å². The van der Waals surface area contributed by atoms with Crippen molar-refractivity contribution in [2.75, 3.05) is 0 Å². The molecule has 0 radical (unpaired) electrons. The molecule has 19 heavy (non-hydrogen) atoms. The smallest absolute Gasteiger partial charge is 0.246 e. The minimum atomic E-state index is -0.360. The Morgan fingerprint density at radius 2 is 1.89 bits per heavy atom. The minimum Gasteiger partial charge on any atom is -0.337 e. The van der Waals surface area contributed by atoms with Crippen molar-refractivity contribution in [2.45, 2.75) is 74.3 Å². The van der Waals surface area contributed by atoms with Crippen molar-refractivity contribution in [1.29, 1.82) is 0 Å². The second-order valence-electron chi connectivity index (χ2n) is 5.95. The fourth-order valence-electron chi connectivity index (χ4n) is 3.16. The van der Waals surface area contributed by atoms with Gasteiger partial charge in [-0.1, -0.05) is 37.3 Å². The Morgan fingerprint density at radius 3 is 2.63 bits per heavy atom. The third kappa shape index (κ3) is 3.14. The predicted molar refractivity (Wildman–Crippen MR) is 76.8 cm³/mol. The van der Waals surface area contributed by atoms with Crippen LogP contribution in [-0.4, -0.2) is 15.4 Å². The van der Waals surface area contributed by atoms with Gasteiger partial charge in [0.2, 0.25) is 5.89 Å². The normalized spacial score (nSPS) is 23.8. The molecule has 2 N–H and O–H groups in total. The maximum atomic E-state index is 6.41. The maximum Gasteiger partial charge on any atom is 0.246 e. The Kier molecular flexibility index (Phi) is 4.12. The maximum absolute atomic E-state index is 6.41. The number of hydrogen-bond donors (Lipinski definition) is 1. The lowest BCUT2D eigenvalue weighted by Crippen LogP contribution is -2.39. The predicted octanol–water partition coefficient (Wildman–Crippen LogP) is 3.36. The summed E-state index contributed by atoms with van der Waals surface area (Å²) in [5, 5.41) is 4.91. The highest BCUT2D eigenvalue weighted by Crippen LogP contribution is 2.35. The lowest BCUT2D eigenvalue weighted by atomic mass is 9.82. The molecular weight excluding hydrogens is 258 g/mol. The van der Waals surface area contributed by atoms with Crippen LogP contribution in [0.15, 0.2) is 4.52 Å². The lowest BCUT2D eigenvalue weighted by molar-refractivity contribution is 0.219. The molecule has 1 heterocycles.